The van der Waals surface area contributed by atoms with Gasteiger partial charge in [-0.2, -0.15) is 0 Å². The lowest BCUT2D eigenvalue weighted by Crippen LogP contribution is -2.18. The molecule has 1 amide bonds. The molecule has 0 fully saturated rings. The smallest absolute Gasteiger partial charge is 0.251 e. The zero-order valence-corrected chi connectivity index (χ0v) is 12.5. The molecule has 0 atom stereocenters. The van der Waals surface area contributed by atoms with E-state index in [1.54, 1.807) is 19.2 Å². The molecular formula is C14H20ClNO3. The van der Waals surface area contributed by atoms with E-state index in [0.29, 0.717) is 34.6 Å². The molecule has 5 heteroatoms. The number of amides is 1. The van der Waals surface area contributed by atoms with Crippen LogP contribution in [-0.4, -0.2) is 26.7 Å². The predicted octanol–water partition coefficient (Wildman–Crippen LogP) is 3.13. The maximum absolute atomic E-state index is 11.6. The predicted molar refractivity (Wildman–Crippen MR) is 76.3 cm³/mol. The van der Waals surface area contributed by atoms with Crippen LogP contribution in [0.1, 0.15) is 30.6 Å². The summed E-state index contributed by atoms with van der Waals surface area (Å²) in [7, 11) is 3.09. The van der Waals surface area contributed by atoms with Gasteiger partial charge in [-0.15, -0.1) is 0 Å². The first-order chi connectivity index (χ1) is 8.99. The minimum absolute atomic E-state index is 0.214. The van der Waals surface area contributed by atoms with Gasteiger partial charge in [0, 0.05) is 12.6 Å². The number of hydrogen-bond acceptors (Lipinski definition) is 3. The van der Waals surface area contributed by atoms with E-state index in [9.17, 15) is 4.79 Å². The number of ether oxygens (including phenoxy) is 2. The van der Waals surface area contributed by atoms with Crippen molar-refractivity contribution in [1.82, 2.24) is 5.32 Å². The SMILES string of the molecule is CNC(=O)c1cc(Cl)c(OCCC(C)C)c(OC)c1. The van der Waals surface area contributed by atoms with E-state index in [1.807, 2.05) is 0 Å². The molecule has 19 heavy (non-hydrogen) atoms. The summed E-state index contributed by atoms with van der Waals surface area (Å²) in [6.45, 7) is 4.81. The van der Waals surface area contributed by atoms with Crippen LogP contribution in [0.5, 0.6) is 11.5 Å². The molecule has 4 nitrogen and oxygen atoms in total. The largest absolute Gasteiger partial charge is 0.493 e. The summed E-state index contributed by atoms with van der Waals surface area (Å²) in [6.07, 6.45) is 0.927. The van der Waals surface area contributed by atoms with E-state index >= 15 is 0 Å². The average Bonchev–Trinajstić information content (AvgIpc) is 2.38. The lowest BCUT2D eigenvalue weighted by Gasteiger charge is -2.14. The zero-order chi connectivity index (χ0) is 14.4. The van der Waals surface area contributed by atoms with Gasteiger partial charge in [0.1, 0.15) is 0 Å². The summed E-state index contributed by atoms with van der Waals surface area (Å²) in [5.74, 6) is 1.29. The fourth-order valence-corrected chi connectivity index (χ4v) is 1.80. The van der Waals surface area contributed by atoms with Crippen LogP contribution in [0.15, 0.2) is 12.1 Å². The lowest BCUT2D eigenvalue weighted by molar-refractivity contribution is 0.0962. The van der Waals surface area contributed by atoms with Gasteiger partial charge in [-0.3, -0.25) is 4.79 Å². The Labute approximate surface area is 119 Å². The highest BCUT2D eigenvalue weighted by Crippen LogP contribution is 2.36. The molecule has 106 valence electrons. The maximum atomic E-state index is 11.6. The van der Waals surface area contributed by atoms with Gasteiger partial charge in [0.15, 0.2) is 11.5 Å². The fourth-order valence-electron chi connectivity index (χ4n) is 1.53. The first kappa shape index (κ1) is 15.6. The van der Waals surface area contributed by atoms with Gasteiger partial charge < -0.3 is 14.8 Å². The van der Waals surface area contributed by atoms with Crippen molar-refractivity contribution < 1.29 is 14.3 Å². The third-order valence-corrected chi connectivity index (χ3v) is 2.94. The molecule has 0 radical (unpaired) electrons. The molecule has 0 unspecified atom stereocenters. The third kappa shape index (κ3) is 4.31. The van der Waals surface area contributed by atoms with Crippen LogP contribution in [0.3, 0.4) is 0 Å². The van der Waals surface area contributed by atoms with Crippen LogP contribution in [0.25, 0.3) is 0 Å². The Bertz CT molecular complexity index is 447. The van der Waals surface area contributed by atoms with Crippen molar-refractivity contribution in [2.24, 2.45) is 5.92 Å². The standard InChI is InChI=1S/C14H20ClNO3/c1-9(2)5-6-19-13-11(15)7-10(14(17)16-3)8-12(13)18-4/h7-9H,5-6H2,1-4H3,(H,16,17). The number of nitrogens with one attached hydrogen (secondary N) is 1. The van der Waals surface area contributed by atoms with E-state index in [1.165, 1.54) is 7.11 Å². The molecule has 0 aliphatic rings. The Morgan fingerprint density at radius 1 is 1.42 bits per heavy atom. The molecule has 0 aliphatic carbocycles. The monoisotopic (exact) mass is 285 g/mol. The molecule has 0 saturated heterocycles. The van der Waals surface area contributed by atoms with Crippen molar-refractivity contribution in [1.29, 1.82) is 0 Å². The second-order valence-electron chi connectivity index (χ2n) is 4.60. The number of carbonyl (C=O) groups excluding carboxylic acids is 1. The molecule has 1 N–H and O–H groups in total. The first-order valence-corrected chi connectivity index (χ1v) is 6.59. The highest BCUT2D eigenvalue weighted by Gasteiger charge is 2.15. The quantitative estimate of drug-likeness (QED) is 0.873. The van der Waals surface area contributed by atoms with Gasteiger partial charge in [-0.1, -0.05) is 25.4 Å². The second kappa shape index (κ2) is 7.24. The zero-order valence-electron chi connectivity index (χ0n) is 11.7. The van der Waals surface area contributed by atoms with E-state index in [0.717, 1.165) is 6.42 Å². The molecule has 1 aromatic carbocycles. The second-order valence-corrected chi connectivity index (χ2v) is 5.01. The lowest BCUT2D eigenvalue weighted by atomic mass is 10.1. The normalized spacial score (nSPS) is 10.4. The number of rotatable bonds is 6. The Morgan fingerprint density at radius 3 is 2.63 bits per heavy atom. The van der Waals surface area contributed by atoms with Gasteiger partial charge in [0.25, 0.3) is 5.91 Å². The van der Waals surface area contributed by atoms with Crippen molar-refractivity contribution in [2.75, 3.05) is 20.8 Å². The number of carbonyl (C=O) groups is 1. The molecule has 1 aromatic rings. The first-order valence-electron chi connectivity index (χ1n) is 6.22. The fraction of sp³-hybridized carbons (Fsp3) is 0.500. The molecule has 1 rings (SSSR count). The summed E-state index contributed by atoms with van der Waals surface area (Å²) < 4.78 is 10.9. The Morgan fingerprint density at radius 2 is 2.11 bits per heavy atom. The third-order valence-electron chi connectivity index (χ3n) is 2.66. The van der Waals surface area contributed by atoms with Crippen LogP contribution < -0.4 is 14.8 Å². The molecule has 0 bridgehead atoms. The van der Waals surface area contributed by atoms with Gasteiger partial charge in [-0.05, 0) is 24.5 Å². The summed E-state index contributed by atoms with van der Waals surface area (Å²) in [6, 6.07) is 3.20. The van der Waals surface area contributed by atoms with Crippen molar-refractivity contribution >= 4 is 17.5 Å². The van der Waals surface area contributed by atoms with Gasteiger partial charge in [0.05, 0.1) is 18.7 Å². The van der Waals surface area contributed by atoms with Gasteiger partial charge >= 0.3 is 0 Å². The van der Waals surface area contributed by atoms with E-state index in [4.69, 9.17) is 21.1 Å². The Kier molecular flexibility index (Phi) is 5.96. The summed E-state index contributed by atoms with van der Waals surface area (Å²) in [5, 5.41) is 2.92. The average molecular weight is 286 g/mol. The van der Waals surface area contributed by atoms with Crippen molar-refractivity contribution in [3.05, 3.63) is 22.7 Å². The number of methoxy groups -OCH3 is 1. The topological polar surface area (TPSA) is 47.6 Å². The van der Waals surface area contributed by atoms with Crippen LogP contribution in [-0.2, 0) is 0 Å². The molecule has 0 saturated carbocycles. The van der Waals surface area contributed by atoms with E-state index in [2.05, 4.69) is 19.2 Å². The van der Waals surface area contributed by atoms with Gasteiger partial charge in [-0.25, -0.2) is 0 Å². The Hall–Kier alpha value is -1.42. The summed E-state index contributed by atoms with van der Waals surface area (Å²) in [4.78, 5) is 11.6. The number of hydrogen-bond donors (Lipinski definition) is 1. The van der Waals surface area contributed by atoms with Crippen molar-refractivity contribution in [3.63, 3.8) is 0 Å². The highest BCUT2D eigenvalue weighted by molar-refractivity contribution is 6.32. The molecule has 0 spiro atoms. The van der Waals surface area contributed by atoms with Crippen LogP contribution >= 0.6 is 11.6 Å². The molecule has 0 aliphatic heterocycles. The Balaban J connectivity index is 2.95. The van der Waals surface area contributed by atoms with Crippen LogP contribution in [0, 0.1) is 5.92 Å². The minimum Gasteiger partial charge on any atom is -0.493 e. The van der Waals surface area contributed by atoms with E-state index < -0.39 is 0 Å². The maximum Gasteiger partial charge on any atom is 0.251 e. The molecule has 0 heterocycles. The van der Waals surface area contributed by atoms with Crippen molar-refractivity contribution in [3.8, 4) is 11.5 Å². The summed E-state index contributed by atoms with van der Waals surface area (Å²) >= 11 is 6.14. The highest BCUT2D eigenvalue weighted by atomic mass is 35.5. The molecule has 0 aromatic heterocycles. The molecular weight excluding hydrogens is 266 g/mol. The minimum atomic E-state index is -0.214. The van der Waals surface area contributed by atoms with Gasteiger partial charge in [0.2, 0.25) is 0 Å². The number of benzene rings is 1. The van der Waals surface area contributed by atoms with Crippen molar-refractivity contribution in [2.45, 2.75) is 20.3 Å². The summed E-state index contributed by atoms with van der Waals surface area (Å²) in [5.41, 5.74) is 0.445. The van der Waals surface area contributed by atoms with E-state index in [-0.39, 0.29) is 5.91 Å². The number of halogens is 1. The van der Waals surface area contributed by atoms with Crippen LogP contribution in [0.2, 0.25) is 5.02 Å². The van der Waals surface area contributed by atoms with Crippen LogP contribution in [0.4, 0.5) is 0 Å².